The van der Waals surface area contributed by atoms with Gasteiger partial charge in [-0.25, -0.2) is 9.37 Å². The Morgan fingerprint density at radius 2 is 1.71 bits per heavy atom. The van der Waals surface area contributed by atoms with E-state index in [1.165, 1.54) is 42.8 Å². The Balaban J connectivity index is 1.36. The van der Waals surface area contributed by atoms with Gasteiger partial charge in [-0.05, 0) is 54.2 Å². The Bertz CT molecular complexity index is 1220. The van der Waals surface area contributed by atoms with Crippen molar-refractivity contribution < 1.29 is 13.9 Å². The smallest absolute Gasteiger partial charge is 0.272 e. The molecule has 7 heteroatoms. The first-order chi connectivity index (χ1) is 16.5. The first-order valence-corrected chi connectivity index (χ1v) is 11.4. The Labute approximate surface area is 198 Å². The van der Waals surface area contributed by atoms with Crippen molar-refractivity contribution in [3.05, 3.63) is 94.7 Å². The number of amides is 1. The van der Waals surface area contributed by atoms with E-state index in [0.29, 0.717) is 11.3 Å². The zero-order chi connectivity index (χ0) is 23.7. The van der Waals surface area contributed by atoms with Crippen molar-refractivity contribution in [1.29, 1.82) is 0 Å². The second kappa shape index (κ2) is 8.99. The summed E-state index contributed by atoms with van der Waals surface area (Å²) in [5.74, 6) is -0.255. The van der Waals surface area contributed by atoms with Crippen LogP contribution in [0.5, 0.6) is 5.88 Å². The predicted octanol–water partition coefficient (Wildman–Crippen LogP) is 4.30. The molecule has 0 unspecified atom stereocenters. The Hall–Kier alpha value is -3.58. The lowest BCUT2D eigenvalue weighted by Gasteiger charge is -2.52. The molecule has 0 bridgehead atoms. The molecule has 1 amide bonds. The second-order valence-electron chi connectivity index (χ2n) is 9.21. The minimum absolute atomic E-state index is 0.204. The van der Waals surface area contributed by atoms with E-state index in [2.05, 4.69) is 32.7 Å². The van der Waals surface area contributed by atoms with Crippen LogP contribution >= 0.6 is 0 Å². The van der Waals surface area contributed by atoms with Crippen LogP contribution in [0.4, 0.5) is 4.39 Å². The first-order valence-electron chi connectivity index (χ1n) is 11.4. The number of ether oxygens (including phenoxy) is 1. The fourth-order valence-corrected chi connectivity index (χ4v) is 4.80. The molecule has 1 spiro atoms. The van der Waals surface area contributed by atoms with Crippen LogP contribution < -0.4 is 15.4 Å². The van der Waals surface area contributed by atoms with Crippen molar-refractivity contribution >= 4 is 11.5 Å². The van der Waals surface area contributed by atoms with E-state index >= 15 is 0 Å². The molecule has 1 aliphatic heterocycles. The summed E-state index contributed by atoms with van der Waals surface area (Å²) in [6.45, 7) is 4.07. The molecule has 2 N–H and O–H groups in total. The summed E-state index contributed by atoms with van der Waals surface area (Å²) in [6, 6.07) is 14.7. The third kappa shape index (κ3) is 4.31. The maximum absolute atomic E-state index is 13.6. The van der Waals surface area contributed by atoms with Gasteiger partial charge in [-0.1, -0.05) is 42.0 Å². The molecule has 2 heterocycles. The minimum Gasteiger partial charge on any atom is -0.480 e. The van der Waals surface area contributed by atoms with Gasteiger partial charge in [-0.15, -0.1) is 0 Å². The Morgan fingerprint density at radius 1 is 1.06 bits per heavy atom. The van der Waals surface area contributed by atoms with Crippen LogP contribution in [0.3, 0.4) is 0 Å². The Morgan fingerprint density at radius 3 is 2.29 bits per heavy atom. The van der Waals surface area contributed by atoms with Crippen molar-refractivity contribution in [3.8, 4) is 5.88 Å². The third-order valence-corrected chi connectivity index (χ3v) is 6.76. The number of aromatic nitrogens is 2. The van der Waals surface area contributed by atoms with E-state index in [1.807, 2.05) is 31.2 Å². The van der Waals surface area contributed by atoms with Crippen LogP contribution in [0.25, 0.3) is 5.57 Å². The largest absolute Gasteiger partial charge is 0.480 e. The summed E-state index contributed by atoms with van der Waals surface area (Å²) in [6.07, 6.45) is 5.01. The van der Waals surface area contributed by atoms with Gasteiger partial charge in [0, 0.05) is 18.5 Å². The summed E-state index contributed by atoms with van der Waals surface area (Å²) < 4.78 is 18.6. The number of benzene rings is 2. The SMILES string of the molecule is COc1cncc(C(=O)N[C@H](C)c2ccc(C(=C3CC4(CNC4)C3)c3ccc(F)cc3)cc2)n1. The number of carbonyl (C=O) groups is 1. The molecule has 2 aliphatic rings. The molecule has 174 valence electrons. The standard InChI is InChI=1S/C27H27FN4O2/c1-17(31-26(33)23-13-29-14-24(32-23)34-2)18-3-5-19(6-4-18)25(20-7-9-22(28)10-8-20)21-11-27(12-21)15-30-16-27/h3-10,13-14,17,30H,11-12,15-16H2,1-2H3,(H,31,33)/t17-/m1/s1. The number of nitrogens with zero attached hydrogens (tertiary/aromatic N) is 2. The van der Waals surface area contributed by atoms with Gasteiger partial charge >= 0.3 is 0 Å². The number of carbonyl (C=O) groups excluding carboxylic acids is 1. The van der Waals surface area contributed by atoms with Gasteiger partial charge in [0.1, 0.15) is 11.5 Å². The quantitative estimate of drug-likeness (QED) is 0.576. The fraction of sp³-hybridized carbons (Fsp3) is 0.296. The summed E-state index contributed by atoms with van der Waals surface area (Å²) in [4.78, 5) is 20.7. The highest BCUT2D eigenvalue weighted by molar-refractivity contribution is 5.92. The molecule has 2 aromatic carbocycles. The maximum atomic E-state index is 13.6. The van der Waals surface area contributed by atoms with Gasteiger partial charge in [0.15, 0.2) is 0 Å². The van der Waals surface area contributed by atoms with Crippen molar-refractivity contribution in [2.75, 3.05) is 20.2 Å². The van der Waals surface area contributed by atoms with Crippen molar-refractivity contribution in [2.24, 2.45) is 5.41 Å². The van der Waals surface area contributed by atoms with E-state index < -0.39 is 0 Å². The van der Waals surface area contributed by atoms with Crippen LogP contribution in [0.2, 0.25) is 0 Å². The molecule has 3 aromatic rings. The molecule has 1 saturated heterocycles. The molecule has 1 saturated carbocycles. The number of nitrogens with one attached hydrogen (secondary N) is 2. The topological polar surface area (TPSA) is 76.1 Å². The zero-order valence-corrected chi connectivity index (χ0v) is 19.3. The average Bonchev–Trinajstić information content (AvgIpc) is 2.81. The number of rotatable bonds is 6. The van der Waals surface area contributed by atoms with Crippen LogP contribution in [0.1, 0.15) is 53.0 Å². The van der Waals surface area contributed by atoms with Gasteiger partial charge in [-0.3, -0.25) is 9.78 Å². The molecular weight excluding hydrogens is 431 g/mol. The van der Waals surface area contributed by atoms with Crippen LogP contribution in [-0.4, -0.2) is 36.1 Å². The monoisotopic (exact) mass is 458 g/mol. The summed E-state index contributed by atoms with van der Waals surface area (Å²) in [7, 11) is 1.48. The minimum atomic E-state index is -0.314. The molecule has 0 radical (unpaired) electrons. The fourth-order valence-electron chi connectivity index (χ4n) is 4.80. The van der Waals surface area contributed by atoms with Gasteiger partial charge in [-0.2, -0.15) is 0 Å². The summed E-state index contributed by atoms with van der Waals surface area (Å²) in [5.41, 5.74) is 6.32. The Kier molecular flexibility index (Phi) is 5.87. The van der Waals surface area contributed by atoms with E-state index in [1.54, 1.807) is 0 Å². The lowest BCUT2D eigenvalue weighted by atomic mass is 9.60. The average molecular weight is 459 g/mol. The lowest BCUT2D eigenvalue weighted by Crippen LogP contribution is -2.58. The van der Waals surface area contributed by atoms with Crippen molar-refractivity contribution in [1.82, 2.24) is 20.6 Å². The molecule has 2 fully saturated rings. The van der Waals surface area contributed by atoms with Crippen LogP contribution in [0, 0.1) is 11.2 Å². The highest BCUT2D eigenvalue weighted by Gasteiger charge is 2.46. The van der Waals surface area contributed by atoms with E-state index in [4.69, 9.17) is 4.74 Å². The molecular formula is C27H27FN4O2. The highest BCUT2D eigenvalue weighted by Crippen LogP contribution is 2.51. The predicted molar refractivity (Wildman–Crippen MR) is 128 cm³/mol. The number of allylic oxidation sites excluding steroid dienone is 1. The molecule has 34 heavy (non-hydrogen) atoms. The van der Waals surface area contributed by atoms with Gasteiger partial charge in [0.05, 0.1) is 25.5 Å². The molecule has 1 aromatic heterocycles. The molecule has 1 aliphatic carbocycles. The number of hydrogen-bond donors (Lipinski definition) is 2. The normalized spacial score (nSPS) is 16.9. The number of methoxy groups -OCH3 is 1. The zero-order valence-electron chi connectivity index (χ0n) is 19.3. The molecule has 6 nitrogen and oxygen atoms in total. The van der Waals surface area contributed by atoms with Gasteiger partial charge in [0.2, 0.25) is 5.88 Å². The third-order valence-electron chi connectivity index (χ3n) is 6.76. The summed E-state index contributed by atoms with van der Waals surface area (Å²) >= 11 is 0. The van der Waals surface area contributed by atoms with Crippen molar-refractivity contribution in [2.45, 2.75) is 25.8 Å². The maximum Gasteiger partial charge on any atom is 0.272 e. The molecule has 1 atom stereocenters. The van der Waals surface area contributed by atoms with Crippen molar-refractivity contribution in [3.63, 3.8) is 0 Å². The number of hydrogen-bond acceptors (Lipinski definition) is 5. The van der Waals surface area contributed by atoms with Crippen LogP contribution in [-0.2, 0) is 0 Å². The lowest BCUT2D eigenvalue weighted by molar-refractivity contribution is 0.0933. The van der Waals surface area contributed by atoms with E-state index in [-0.39, 0.29) is 23.5 Å². The number of halogens is 1. The first kappa shape index (κ1) is 22.2. The summed E-state index contributed by atoms with van der Waals surface area (Å²) in [5, 5.41) is 6.35. The molecule has 5 rings (SSSR count). The van der Waals surface area contributed by atoms with E-state index in [0.717, 1.165) is 42.6 Å². The second-order valence-corrected chi connectivity index (χ2v) is 9.21. The van der Waals surface area contributed by atoms with Gasteiger partial charge in [0.25, 0.3) is 5.91 Å². The van der Waals surface area contributed by atoms with E-state index in [9.17, 15) is 9.18 Å². The van der Waals surface area contributed by atoms with Gasteiger partial charge < -0.3 is 15.4 Å². The highest BCUT2D eigenvalue weighted by atomic mass is 19.1. The van der Waals surface area contributed by atoms with Crippen LogP contribution in [0.15, 0.2) is 66.5 Å².